The lowest BCUT2D eigenvalue weighted by molar-refractivity contribution is -0.137. The summed E-state index contributed by atoms with van der Waals surface area (Å²) in [5, 5.41) is 13.6. The average Bonchev–Trinajstić information content (AvgIpc) is 3.11. The molecule has 0 radical (unpaired) electrons. The molecule has 0 saturated heterocycles. The van der Waals surface area contributed by atoms with Gasteiger partial charge in [-0.1, -0.05) is 35.9 Å². The van der Waals surface area contributed by atoms with Gasteiger partial charge in [-0.05, 0) is 30.2 Å². The fourth-order valence-corrected chi connectivity index (χ4v) is 3.10. The Hall–Kier alpha value is -3.28. The smallest absolute Gasteiger partial charge is 0.325 e. The van der Waals surface area contributed by atoms with Crippen LogP contribution in [0.3, 0.4) is 0 Å². The Morgan fingerprint density at radius 1 is 1.12 bits per heavy atom. The summed E-state index contributed by atoms with van der Waals surface area (Å²) in [6.45, 7) is 1.85. The minimum absolute atomic E-state index is 0.0184. The molecule has 1 unspecified atom stereocenters. The van der Waals surface area contributed by atoms with E-state index in [0.29, 0.717) is 11.6 Å². The number of benzene rings is 1. The maximum Gasteiger partial charge on any atom is 0.325 e. The molecule has 6 heteroatoms. The van der Waals surface area contributed by atoms with Gasteiger partial charge in [0.1, 0.15) is 12.4 Å². The van der Waals surface area contributed by atoms with E-state index in [2.05, 4.69) is 34.1 Å². The van der Waals surface area contributed by atoms with Crippen molar-refractivity contribution in [2.24, 2.45) is 0 Å². The highest BCUT2D eigenvalue weighted by Gasteiger charge is 2.39. The number of allylic oxidation sites excluding steroid dienone is 2. The van der Waals surface area contributed by atoms with E-state index in [-0.39, 0.29) is 12.5 Å². The van der Waals surface area contributed by atoms with Crippen LogP contribution in [0, 0.1) is 0 Å². The maximum atomic E-state index is 11.2. The number of aromatic nitrogens is 4. The largest absolute Gasteiger partial charge is 0.480 e. The number of carboxylic acids is 1. The average molecular weight is 332 g/mol. The molecule has 124 valence electrons. The zero-order chi connectivity index (χ0) is 17.4. The zero-order valence-corrected chi connectivity index (χ0v) is 13.6. The van der Waals surface area contributed by atoms with Gasteiger partial charge in [0.2, 0.25) is 0 Å². The van der Waals surface area contributed by atoms with Crippen molar-refractivity contribution < 1.29 is 9.90 Å². The first-order valence-corrected chi connectivity index (χ1v) is 7.98. The molecule has 3 aromatic rings. The fraction of sp³-hybridized carbons (Fsp3) is 0.158. The lowest BCUT2D eigenvalue weighted by atomic mass is 10.1. The predicted molar refractivity (Wildman–Crippen MR) is 92.7 cm³/mol. The highest BCUT2D eigenvalue weighted by atomic mass is 16.4. The number of pyridine rings is 1. The van der Waals surface area contributed by atoms with Crippen LogP contribution >= 0.6 is 0 Å². The molecule has 1 atom stereocenters. The molecule has 4 rings (SSSR count). The number of carboxylic acid groups (broad SMARTS) is 1. The minimum Gasteiger partial charge on any atom is -0.480 e. The number of carbonyl (C=O) groups is 1. The Kier molecular flexibility index (Phi) is 3.65. The van der Waals surface area contributed by atoms with Crippen LogP contribution in [0.4, 0.5) is 0 Å². The van der Waals surface area contributed by atoms with Crippen LogP contribution in [0.25, 0.3) is 17.0 Å². The molecule has 2 aromatic heterocycles. The van der Waals surface area contributed by atoms with Crippen LogP contribution < -0.4 is 0 Å². The Morgan fingerprint density at radius 2 is 1.84 bits per heavy atom. The van der Waals surface area contributed by atoms with Crippen LogP contribution in [0.15, 0.2) is 60.4 Å². The summed E-state index contributed by atoms with van der Waals surface area (Å²) >= 11 is 0. The lowest BCUT2D eigenvalue weighted by Crippen LogP contribution is -2.13. The molecule has 6 nitrogen and oxygen atoms in total. The summed E-state index contributed by atoms with van der Waals surface area (Å²) in [6.07, 6.45) is 3.34. The van der Waals surface area contributed by atoms with Crippen molar-refractivity contribution in [2.45, 2.75) is 19.4 Å². The van der Waals surface area contributed by atoms with Crippen molar-refractivity contribution in [1.82, 2.24) is 19.7 Å². The second-order valence-electron chi connectivity index (χ2n) is 5.98. The van der Waals surface area contributed by atoms with E-state index in [1.54, 1.807) is 12.4 Å². The van der Waals surface area contributed by atoms with Crippen molar-refractivity contribution in [3.05, 3.63) is 71.8 Å². The Balaban J connectivity index is 1.72. The number of hydrogen-bond acceptors (Lipinski definition) is 4. The number of aliphatic carboxylic acids is 1. The predicted octanol–water partition coefficient (Wildman–Crippen LogP) is 3.00. The molecule has 2 heterocycles. The third-order valence-electron chi connectivity index (χ3n) is 4.33. The summed E-state index contributed by atoms with van der Waals surface area (Å²) in [5.41, 5.74) is 4.35. The Morgan fingerprint density at radius 3 is 2.52 bits per heavy atom. The Labute approximate surface area is 144 Å². The van der Waals surface area contributed by atoms with Gasteiger partial charge in [0.05, 0.1) is 5.92 Å². The molecule has 0 saturated carbocycles. The third-order valence-corrected chi connectivity index (χ3v) is 4.33. The lowest BCUT2D eigenvalue weighted by Gasteiger charge is -2.03. The fourth-order valence-electron chi connectivity index (χ4n) is 3.10. The number of hydrogen-bond donors (Lipinski definition) is 1. The van der Waals surface area contributed by atoms with Gasteiger partial charge in [0.15, 0.2) is 5.82 Å². The summed E-state index contributed by atoms with van der Waals surface area (Å²) in [5.74, 6) is 0.271. The summed E-state index contributed by atoms with van der Waals surface area (Å²) in [6, 6.07) is 13.7. The maximum absolute atomic E-state index is 11.2. The van der Waals surface area contributed by atoms with Crippen LogP contribution in [-0.2, 0) is 11.3 Å². The van der Waals surface area contributed by atoms with E-state index in [9.17, 15) is 9.90 Å². The van der Waals surface area contributed by atoms with Gasteiger partial charge in [-0.25, -0.2) is 9.67 Å². The van der Waals surface area contributed by atoms with Gasteiger partial charge in [-0.15, -0.1) is 0 Å². The first-order valence-electron chi connectivity index (χ1n) is 7.98. The SMILES string of the molecule is CC1=C(c2ccccc2)C1c1nc(-c2ccncc2)nn1CC(=O)O. The molecular formula is C19H16N4O2. The van der Waals surface area contributed by atoms with E-state index in [1.165, 1.54) is 15.8 Å². The normalized spacial score (nSPS) is 16.1. The van der Waals surface area contributed by atoms with Gasteiger partial charge in [0, 0.05) is 18.0 Å². The van der Waals surface area contributed by atoms with E-state index in [1.807, 2.05) is 30.3 Å². The van der Waals surface area contributed by atoms with E-state index in [0.717, 1.165) is 11.1 Å². The highest BCUT2D eigenvalue weighted by molar-refractivity contribution is 5.89. The summed E-state index contributed by atoms with van der Waals surface area (Å²) in [4.78, 5) is 19.9. The zero-order valence-electron chi connectivity index (χ0n) is 13.6. The first kappa shape index (κ1) is 15.3. The van der Waals surface area contributed by atoms with Crippen molar-refractivity contribution in [1.29, 1.82) is 0 Å². The van der Waals surface area contributed by atoms with E-state index in [4.69, 9.17) is 0 Å². The van der Waals surface area contributed by atoms with Crippen molar-refractivity contribution in [2.75, 3.05) is 0 Å². The highest BCUT2D eigenvalue weighted by Crippen LogP contribution is 2.53. The molecule has 1 N–H and O–H groups in total. The molecule has 25 heavy (non-hydrogen) atoms. The van der Waals surface area contributed by atoms with Crippen LogP contribution in [-0.4, -0.2) is 30.8 Å². The molecular weight excluding hydrogens is 316 g/mol. The van der Waals surface area contributed by atoms with Gasteiger partial charge >= 0.3 is 5.97 Å². The molecule has 1 aliphatic carbocycles. The standard InChI is InChI=1S/C19H16N4O2/c1-12-16(13-5-3-2-4-6-13)17(12)19-21-18(14-7-9-20-10-8-14)22-23(19)11-15(24)25/h2-10,17H,11H2,1H3,(H,24,25). The van der Waals surface area contributed by atoms with E-state index < -0.39 is 5.97 Å². The molecule has 1 aromatic carbocycles. The summed E-state index contributed by atoms with van der Waals surface area (Å²) < 4.78 is 1.49. The molecule has 0 amide bonds. The molecule has 0 fully saturated rings. The molecule has 0 bridgehead atoms. The van der Waals surface area contributed by atoms with Crippen LogP contribution in [0.5, 0.6) is 0 Å². The van der Waals surface area contributed by atoms with Gasteiger partial charge in [0.25, 0.3) is 0 Å². The van der Waals surface area contributed by atoms with Crippen molar-refractivity contribution >= 4 is 11.5 Å². The van der Waals surface area contributed by atoms with Gasteiger partial charge in [-0.2, -0.15) is 5.10 Å². The Bertz CT molecular complexity index is 962. The second kappa shape index (κ2) is 5.98. The molecule has 0 aliphatic heterocycles. The van der Waals surface area contributed by atoms with Crippen LogP contribution in [0.1, 0.15) is 24.2 Å². The topological polar surface area (TPSA) is 80.9 Å². The third kappa shape index (κ3) is 2.82. The monoisotopic (exact) mass is 332 g/mol. The first-order chi connectivity index (χ1) is 12.1. The minimum atomic E-state index is -0.938. The molecule has 1 aliphatic rings. The van der Waals surface area contributed by atoms with Gasteiger partial charge in [-0.3, -0.25) is 9.78 Å². The molecule has 0 spiro atoms. The van der Waals surface area contributed by atoms with Crippen LogP contribution in [0.2, 0.25) is 0 Å². The van der Waals surface area contributed by atoms with Crippen molar-refractivity contribution in [3.8, 4) is 11.4 Å². The number of rotatable bonds is 5. The quantitative estimate of drug-likeness (QED) is 0.777. The summed E-state index contributed by atoms with van der Waals surface area (Å²) in [7, 11) is 0. The van der Waals surface area contributed by atoms with E-state index >= 15 is 0 Å². The van der Waals surface area contributed by atoms with Crippen molar-refractivity contribution in [3.63, 3.8) is 0 Å². The second-order valence-corrected chi connectivity index (χ2v) is 5.98. The number of nitrogens with zero attached hydrogens (tertiary/aromatic N) is 4. The van der Waals surface area contributed by atoms with Gasteiger partial charge < -0.3 is 5.11 Å².